The van der Waals surface area contributed by atoms with Crippen LogP contribution in [0.5, 0.6) is 0 Å². The first-order valence-corrected chi connectivity index (χ1v) is 8.55. The van der Waals surface area contributed by atoms with Gasteiger partial charge >= 0.3 is 0 Å². The number of para-hydroxylation sites is 1. The molecule has 0 radical (unpaired) electrons. The van der Waals surface area contributed by atoms with Gasteiger partial charge in [-0.15, -0.1) is 24.8 Å². The SMILES string of the molecule is Cl.Cl.O=C(Nc1ccc(Nc2ccccc2)nc1)C1CC12CCNCC2. The van der Waals surface area contributed by atoms with Crippen LogP contribution in [0.25, 0.3) is 0 Å². The molecule has 2 fully saturated rings. The van der Waals surface area contributed by atoms with Gasteiger partial charge in [0.2, 0.25) is 5.91 Å². The molecule has 0 bridgehead atoms. The van der Waals surface area contributed by atoms with Gasteiger partial charge in [-0.05, 0) is 62.0 Å². The van der Waals surface area contributed by atoms with Crippen LogP contribution in [0.4, 0.5) is 17.2 Å². The molecule has 1 saturated carbocycles. The Kier molecular flexibility index (Phi) is 6.87. The number of pyridine rings is 1. The van der Waals surface area contributed by atoms with Crippen molar-refractivity contribution in [1.29, 1.82) is 0 Å². The third-order valence-electron chi connectivity index (χ3n) is 5.18. The molecule has 1 spiro atoms. The zero-order valence-electron chi connectivity index (χ0n) is 14.4. The number of nitrogens with zero attached hydrogens (tertiary/aromatic N) is 1. The van der Waals surface area contributed by atoms with E-state index in [1.54, 1.807) is 6.20 Å². The Morgan fingerprint density at radius 1 is 1.04 bits per heavy atom. The highest BCUT2D eigenvalue weighted by atomic mass is 35.5. The van der Waals surface area contributed by atoms with Gasteiger partial charge in [-0.25, -0.2) is 4.98 Å². The Bertz CT molecular complexity index is 718. The minimum Gasteiger partial charge on any atom is -0.340 e. The predicted molar refractivity (Wildman–Crippen MR) is 110 cm³/mol. The fraction of sp³-hybridized carbons (Fsp3) is 0.368. The summed E-state index contributed by atoms with van der Waals surface area (Å²) in [6.07, 6.45) is 4.97. The summed E-state index contributed by atoms with van der Waals surface area (Å²) < 4.78 is 0. The number of carbonyl (C=O) groups is 1. The minimum atomic E-state index is 0. The second-order valence-electron chi connectivity index (χ2n) is 6.78. The highest BCUT2D eigenvalue weighted by Crippen LogP contribution is 2.58. The van der Waals surface area contributed by atoms with Gasteiger partial charge in [-0.1, -0.05) is 18.2 Å². The Morgan fingerprint density at radius 2 is 1.77 bits per heavy atom. The van der Waals surface area contributed by atoms with Crippen molar-refractivity contribution in [3.05, 3.63) is 48.7 Å². The van der Waals surface area contributed by atoms with Crippen molar-refractivity contribution >= 4 is 47.9 Å². The van der Waals surface area contributed by atoms with E-state index in [-0.39, 0.29) is 42.1 Å². The quantitative estimate of drug-likeness (QED) is 0.732. The van der Waals surface area contributed by atoms with Gasteiger partial charge in [-0.3, -0.25) is 4.79 Å². The van der Waals surface area contributed by atoms with E-state index in [2.05, 4.69) is 20.9 Å². The lowest BCUT2D eigenvalue weighted by Gasteiger charge is -2.23. The maximum absolute atomic E-state index is 12.4. The highest BCUT2D eigenvalue weighted by molar-refractivity contribution is 5.95. The van der Waals surface area contributed by atoms with Crippen LogP contribution in [0.3, 0.4) is 0 Å². The summed E-state index contributed by atoms with van der Waals surface area (Å²) in [5.74, 6) is 1.07. The summed E-state index contributed by atoms with van der Waals surface area (Å²) in [6, 6.07) is 13.7. The molecule has 1 aromatic carbocycles. The number of halogens is 2. The summed E-state index contributed by atoms with van der Waals surface area (Å²) in [5.41, 5.74) is 2.01. The Balaban J connectivity index is 0.00000121. The van der Waals surface area contributed by atoms with Gasteiger partial charge < -0.3 is 16.0 Å². The minimum absolute atomic E-state index is 0. The number of rotatable bonds is 4. The summed E-state index contributed by atoms with van der Waals surface area (Å²) in [6.45, 7) is 2.07. The van der Waals surface area contributed by atoms with Crippen molar-refractivity contribution in [2.75, 3.05) is 23.7 Å². The first-order valence-electron chi connectivity index (χ1n) is 8.55. The van der Waals surface area contributed by atoms with Crippen molar-refractivity contribution in [3.63, 3.8) is 0 Å². The topological polar surface area (TPSA) is 66.0 Å². The summed E-state index contributed by atoms with van der Waals surface area (Å²) in [7, 11) is 0. The van der Waals surface area contributed by atoms with Crippen molar-refractivity contribution in [2.45, 2.75) is 19.3 Å². The van der Waals surface area contributed by atoms with Crippen LogP contribution in [-0.2, 0) is 4.79 Å². The van der Waals surface area contributed by atoms with Gasteiger partial charge in [0.15, 0.2) is 0 Å². The lowest BCUT2D eigenvalue weighted by atomic mass is 9.92. The monoisotopic (exact) mass is 394 g/mol. The molecule has 7 heteroatoms. The van der Waals surface area contributed by atoms with Crippen LogP contribution in [0.15, 0.2) is 48.7 Å². The largest absolute Gasteiger partial charge is 0.340 e. The number of anilines is 3. The van der Waals surface area contributed by atoms with E-state index in [0.29, 0.717) is 0 Å². The smallest absolute Gasteiger partial charge is 0.228 e. The molecule has 1 unspecified atom stereocenters. The van der Waals surface area contributed by atoms with Gasteiger partial charge in [-0.2, -0.15) is 0 Å². The molecule has 1 amide bonds. The summed E-state index contributed by atoms with van der Waals surface area (Å²) in [4.78, 5) is 16.8. The molecule has 1 saturated heterocycles. The molecule has 3 N–H and O–H groups in total. The van der Waals surface area contributed by atoms with Crippen LogP contribution >= 0.6 is 24.8 Å². The number of piperidine rings is 1. The number of carbonyl (C=O) groups excluding carboxylic acids is 1. The van der Waals surface area contributed by atoms with Crippen LogP contribution < -0.4 is 16.0 Å². The highest BCUT2D eigenvalue weighted by Gasteiger charge is 2.57. The zero-order chi connectivity index (χ0) is 16.4. The third-order valence-corrected chi connectivity index (χ3v) is 5.18. The molecule has 5 nitrogen and oxygen atoms in total. The van der Waals surface area contributed by atoms with Crippen LogP contribution in [0.1, 0.15) is 19.3 Å². The maximum atomic E-state index is 12.4. The first-order chi connectivity index (χ1) is 11.8. The van der Waals surface area contributed by atoms with Gasteiger partial charge in [0, 0.05) is 11.6 Å². The second-order valence-corrected chi connectivity index (χ2v) is 6.78. The number of nitrogens with one attached hydrogen (secondary N) is 3. The van der Waals surface area contributed by atoms with Crippen LogP contribution in [0, 0.1) is 11.3 Å². The fourth-order valence-corrected chi connectivity index (χ4v) is 3.64. The van der Waals surface area contributed by atoms with E-state index in [9.17, 15) is 4.79 Å². The Morgan fingerprint density at radius 3 is 2.42 bits per heavy atom. The third kappa shape index (κ3) is 4.47. The van der Waals surface area contributed by atoms with E-state index < -0.39 is 0 Å². The lowest BCUT2D eigenvalue weighted by molar-refractivity contribution is -0.118. The van der Waals surface area contributed by atoms with Crippen molar-refractivity contribution in [3.8, 4) is 0 Å². The van der Waals surface area contributed by atoms with Crippen molar-refractivity contribution < 1.29 is 4.79 Å². The first kappa shape index (κ1) is 20.5. The van der Waals surface area contributed by atoms with Crippen LogP contribution in [0.2, 0.25) is 0 Å². The molecule has 2 heterocycles. The average molecular weight is 395 g/mol. The van der Waals surface area contributed by atoms with E-state index in [1.807, 2.05) is 42.5 Å². The van der Waals surface area contributed by atoms with E-state index in [4.69, 9.17) is 0 Å². The second kappa shape index (κ2) is 8.71. The van der Waals surface area contributed by atoms with E-state index in [1.165, 1.54) is 0 Å². The van der Waals surface area contributed by atoms with Gasteiger partial charge in [0.05, 0.1) is 11.9 Å². The van der Waals surface area contributed by atoms with Crippen LogP contribution in [-0.4, -0.2) is 24.0 Å². The van der Waals surface area contributed by atoms with Crippen molar-refractivity contribution in [1.82, 2.24) is 10.3 Å². The summed E-state index contributed by atoms with van der Waals surface area (Å²) >= 11 is 0. The predicted octanol–water partition coefficient (Wildman–Crippen LogP) is 4.00. The number of benzene rings is 1. The molecule has 1 atom stereocenters. The Hall–Kier alpha value is -1.82. The normalized spacial score (nSPS) is 19.6. The molecular weight excluding hydrogens is 371 g/mol. The molecular formula is C19H24Cl2N4O. The Labute approximate surface area is 166 Å². The molecule has 140 valence electrons. The molecule has 1 aliphatic heterocycles. The van der Waals surface area contributed by atoms with Gasteiger partial charge in [0.1, 0.15) is 5.82 Å². The molecule has 26 heavy (non-hydrogen) atoms. The summed E-state index contributed by atoms with van der Waals surface area (Å²) in [5, 5.41) is 9.62. The molecule has 2 aromatic rings. The number of hydrogen-bond donors (Lipinski definition) is 3. The fourth-order valence-electron chi connectivity index (χ4n) is 3.64. The number of amides is 1. The zero-order valence-corrected chi connectivity index (χ0v) is 16.0. The van der Waals surface area contributed by atoms with Crippen molar-refractivity contribution in [2.24, 2.45) is 11.3 Å². The average Bonchev–Trinajstić information content (AvgIpc) is 3.31. The molecule has 4 rings (SSSR count). The lowest BCUT2D eigenvalue weighted by Crippen LogP contribution is -2.31. The molecule has 1 aliphatic carbocycles. The standard InChI is InChI=1S/C19H22N4O.2ClH/c24-18(16-12-19(16)8-10-20-11-9-19)23-15-6-7-17(21-13-15)22-14-4-2-1-3-5-14;;/h1-7,13,16,20H,8-12H2,(H,21,22)(H,23,24);2*1H. The molecule has 2 aliphatic rings. The number of aromatic nitrogens is 1. The maximum Gasteiger partial charge on any atom is 0.228 e. The van der Waals surface area contributed by atoms with E-state index >= 15 is 0 Å². The van der Waals surface area contributed by atoms with E-state index in [0.717, 1.165) is 49.5 Å². The van der Waals surface area contributed by atoms with Gasteiger partial charge in [0.25, 0.3) is 0 Å². The molecule has 1 aromatic heterocycles. The number of hydrogen-bond acceptors (Lipinski definition) is 4.